The Bertz CT molecular complexity index is 1070. The molecule has 0 saturated carbocycles. The third-order valence-corrected chi connectivity index (χ3v) is 5.91. The van der Waals surface area contributed by atoms with Crippen LogP contribution in [0.5, 0.6) is 5.75 Å². The van der Waals surface area contributed by atoms with E-state index in [1.165, 1.54) is 12.3 Å². The first-order chi connectivity index (χ1) is 15.1. The molecule has 8 nitrogen and oxygen atoms in total. The van der Waals surface area contributed by atoms with Gasteiger partial charge in [-0.25, -0.2) is 4.79 Å². The lowest BCUT2D eigenvalue weighted by atomic mass is 9.86. The van der Waals surface area contributed by atoms with Crippen molar-refractivity contribution in [3.63, 3.8) is 0 Å². The molecule has 1 N–H and O–H groups in total. The SMILES string of the molecule is COCCCOc1cc2c(cc1Cl)-c1cc(=O)c(C(=O)O)cn1C(C(C)(C)COC)N2C. The van der Waals surface area contributed by atoms with E-state index in [1.54, 1.807) is 20.3 Å². The molecule has 1 aliphatic rings. The van der Waals surface area contributed by atoms with Gasteiger partial charge >= 0.3 is 5.97 Å². The van der Waals surface area contributed by atoms with Crippen LogP contribution in [0.2, 0.25) is 5.02 Å². The quantitative estimate of drug-likeness (QED) is 0.563. The summed E-state index contributed by atoms with van der Waals surface area (Å²) >= 11 is 6.51. The predicted octanol–water partition coefficient (Wildman–Crippen LogP) is 3.90. The number of benzene rings is 1. The van der Waals surface area contributed by atoms with Crippen LogP contribution >= 0.6 is 11.6 Å². The minimum Gasteiger partial charge on any atom is -0.492 e. The molecule has 1 atom stereocenters. The monoisotopic (exact) mass is 464 g/mol. The molecular formula is C23H29ClN2O6. The summed E-state index contributed by atoms with van der Waals surface area (Å²) in [7, 11) is 5.18. The van der Waals surface area contributed by atoms with Crippen LogP contribution in [0.1, 0.15) is 36.8 Å². The number of pyridine rings is 1. The van der Waals surface area contributed by atoms with Gasteiger partial charge in [0.25, 0.3) is 0 Å². The molecule has 9 heteroatoms. The van der Waals surface area contributed by atoms with Gasteiger partial charge in [-0.1, -0.05) is 25.4 Å². The molecular weight excluding hydrogens is 436 g/mol. The number of carbonyl (C=O) groups is 1. The highest BCUT2D eigenvalue weighted by Crippen LogP contribution is 2.48. The topological polar surface area (TPSA) is 90.2 Å². The van der Waals surface area contributed by atoms with E-state index < -0.39 is 16.8 Å². The molecule has 1 aliphatic heterocycles. The summed E-state index contributed by atoms with van der Waals surface area (Å²) in [5.74, 6) is -0.727. The number of fused-ring (bicyclic) bond motifs is 3. The summed E-state index contributed by atoms with van der Waals surface area (Å²) in [5, 5.41) is 9.93. The van der Waals surface area contributed by atoms with Gasteiger partial charge in [-0.2, -0.15) is 0 Å². The first-order valence-electron chi connectivity index (χ1n) is 10.3. The second-order valence-electron chi connectivity index (χ2n) is 8.55. The van der Waals surface area contributed by atoms with Crippen LogP contribution in [-0.2, 0) is 9.47 Å². The van der Waals surface area contributed by atoms with Crippen LogP contribution in [0.3, 0.4) is 0 Å². The van der Waals surface area contributed by atoms with E-state index in [0.717, 1.165) is 17.7 Å². The van der Waals surface area contributed by atoms with Gasteiger partial charge in [0.2, 0.25) is 0 Å². The Morgan fingerprint density at radius 1 is 1.19 bits per heavy atom. The van der Waals surface area contributed by atoms with E-state index >= 15 is 0 Å². The molecule has 32 heavy (non-hydrogen) atoms. The minimum absolute atomic E-state index is 0.284. The number of carboxylic acid groups (broad SMARTS) is 1. The Balaban J connectivity index is 2.19. The normalized spacial score (nSPS) is 15.3. The Morgan fingerprint density at radius 2 is 1.91 bits per heavy atom. The van der Waals surface area contributed by atoms with Crippen molar-refractivity contribution < 1.29 is 24.1 Å². The summed E-state index contributed by atoms with van der Waals surface area (Å²) in [4.78, 5) is 26.3. The van der Waals surface area contributed by atoms with Crippen molar-refractivity contribution in [1.82, 2.24) is 4.57 Å². The number of anilines is 1. The van der Waals surface area contributed by atoms with Gasteiger partial charge in [-0.3, -0.25) is 4.79 Å². The number of hydrogen-bond donors (Lipinski definition) is 1. The molecule has 0 radical (unpaired) electrons. The smallest absolute Gasteiger partial charge is 0.341 e. The van der Waals surface area contributed by atoms with E-state index in [1.807, 2.05) is 36.4 Å². The Labute approximate surface area is 192 Å². The van der Waals surface area contributed by atoms with Gasteiger partial charge in [-0.15, -0.1) is 0 Å². The Morgan fingerprint density at radius 3 is 2.53 bits per heavy atom. The third-order valence-electron chi connectivity index (χ3n) is 5.61. The number of hydrogen-bond acceptors (Lipinski definition) is 6. The van der Waals surface area contributed by atoms with Gasteiger partial charge in [0.05, 0.1) is 29.6 Å². The predicted molar refractivity (Wildman–Crippen MR) is 123 cm³/mol. The summed E-state index contributed by atoms with van der Waals surface area (Å²) in [6, 6.07) is 4.98. The Kier molecular flexibility index (Phi) is 7.17. The lowest BCUT2D eigenvalue weighted by molar-refractivity contribution is 0.0619. The van der Waals surface area contributed by atoms with Crippen molar-refractivity contribution in [1.29, 1.82) is 0 Å². The minimum atomic E-state index is -1.26. The molecule has 2 aromatic rings. The highest BCUT2D eigenvalue weighted by molar-refractivity contribution is 6.32. The highest BCUT2D eigenvalue weighted by atomic mass is 35.5. The van der Waals surface area contributed by atoms with E-state index in [9.17, 15) is 14.7 Å². The molecule has 0 aliphatic carbocycles. The second kappa shape index (κ2) is 9.52. The van der Waals surface area contributed by atoms with Crippen LogP contribution < -0.4 is 15.1 Å². The maximum absolute atomic E-state index is 12.6. The lowest BCUT2D eigenvalue weighted by Gasteiger charge is -2.47. The van der Waals surface area contributed by atoms with Crippen LogP contribution in [0.25, 0.3) is 11.3 Å². The van der Waals surface area contributed by atoms with E-state index in [4.69, 9.17) is 25.8 Å². The first kappa shape index (κ1) is 24.1. The molecule has 2 heterocycles. The van der Waals surface area contributed by atoms with E-state index in [0.29, 0.717) is 36.3 Å². The van der Waals surface area contributed by atoms with Crippen molar-refractivity contribution in [3.05, 3.63) is 45.2 Å². The molecule has 1 aromatic carbocycles. The maximum atomic E-state index is 12.6. The number of carboxylic acids is 1. The fourth-order valence-corrected chi connectivity index (χ4v) is 4.55. The Hall–Kier alpha value is -2.55. The molecule has 0 bridgehead atoms. The molecule has 1 aromatic heterocycles. The second-order valence-corrected chi connectivity index (χ2v) is 8.96. The number of nitrogens with zero attached hydrogens (tertiary/aromatic N) is 2. The number of ether oxygens (including phenoxy) is 3. The zero-order valence-electron chi connectivity index (χ0n) is 19.0. The fraction of sp³-hybridized carbons (Fsp3) is 0.478. The number of rotatable bonds is 9. The number of aromatic nitrogens is 1. The summed E-state index contributed by atoms with van der Waals surface area (Å²) < 4.78 is 18.2. The van der Waals surface area contributed by atoms with Gasteiger partial charge in [0.15, 0.2) is 5.43 Å². The molecule has 174 valence electrons. The van der Waals surface area contributed by atoms with Crippen LogP contribution in [0.15, 0.2) is 29.2 Å². The molecule has 0 fully saturated rings. The third kappa shape index (κ3) is 4.48. The van der Waals surface area contributed by atoms with Crippen molar-refractivity contribution >= 4 is 23.3 Å². The van der Waals surface area contributed by atoms with Crippen molar-refractivity contribution in [3.8, 4) is 17.0 Å². The molecule has 3 rings (SSSR count). The van der Waals surface area contributed by atoms with E-state index in [2.05, 4.69) is 0 Å². The maximum Gasteiger partial charge on any atom is 0.341 e. The van der Waals surface area contributed by atoms with Crippen LogP contribution in [0.4, 0.5) is 5.69 Å². The highest BCUT2D eigenvalue weighted by Gasteiger charge is 2.40. The van der Waals surface area contributed by atoms with Crippen molar-refractivity contribution in [2.75, 3.05) is 46.0 Å². The van der Waals surface area contributed by atoms with E-state index in [-0.39, 0.29) is 11.7 Å². The van der Waals surface area contributed by atoms with Crippen molar-refractivity contribution in [2.24, 2.45) is 5.41 Å². The van der Waals surface area contributed by atoms with Gasteiger partial charge in [-0.05, 0) is 6.07 Å². The largest absolute Gasteiger partial charge is 0.492 e. The zero-order valence-corrected chi connectivity index (χ0v) is 19.7. The number of halogens is 1. The van der Waals surface area contributed by atoms with Crippen molar-refractivity contribution in [2.45, 2.75) is 26.4 Å². The zero-order chi connectivity index (χ0) is 23.6. The molecule has 0 amide bonds. The molecule has 0 saturated heterocycles. The van der Waals surface area contributed by atoms with Crippen LogP contribution in [0, 0.1) is 5.41 Å². The molecule has 0 spiro atoms. The van der Waals surface area contributed by atoms with Crippen LogP contribution in [-0.4, -0.2) is 56.7 Å². The fourth-order valence-electron chi connectivity index (χ4n) is 4.33. The first-order valence-corrected chi connectivity index (χ1v) is 10.7. The average molecular weight is 465 g/mol. The van der Waals surface area contributed by atoms with Gasteiger partial charge in [0.1, 0.15) is 17.5 Å². The standard InChI is InChI=1S/C23H29ClN2O6/c1-23(2,13-31-5)22-25(3)17-11-20(32-8-6-7-30-4)16(24)9-14(17)18-10-19(27)15(21(28)29)12-26(18)22/h9-12,22H,6-8,13H2,1-5H3,(H,28,29). The summed E-state index contributed by atoms with van der Waals surface area (Å²) in [6.07, 6.45) is 1.80. The molecule has 1 unspecified atom stereocenters. The average Bonchev–Trinajstić information content (AvgIpc) is 2.71. The summed E-state index contributed by atoms with van der Waals surface area (Å²) in [5.41, 5.74) is 0.870. The number of methoxy groups -OCH3 is 2. The van der Waals surface area contributed by atoms with Gasteiger partial charge in [0, 0.05) is 63.6 Å². The number of aromatic carboxylic acids is 1. The lowest BCUT2D eigenvalue weighted by Crippen LogP contribution is -2.45. The summed E-state index contributed by atoms with van der Waals surface area (Å²) in [6.45, 7) is 5.51. The van der Waals surface area contributed by atoms with Gasteiger partial charge < -0.3 is 28.8 Å².